The van der Waals surface area contributed by atoms with E-state index in [1.165, 1.54) is 44.2 Å². The average Bonchev–Trinajstić information content (AvgIpc) is 2.68. The summed E-state index contributed by atoms with van der Waals surface area (Å²) in [6.07, 6.45) is 10.2. The molecule has 1 aromatic carbocycles. The zero-order valence-corrected chi connectivity index (χ0v) is 14.6. The highest BCUT2D eigenvalue weighted by Crippen LogP contribution is 2.37. The summed E-state index contributed by atoms with van der Waals surface area (Å²) in [4.78, 5) is 19.7. The monoisotopic (exact) mass is 327 g/mol. The molecule has 0 radical (unpaired) electrons. The predicted molar refractivity (Wildman–Crippen MR) is 98.8 cm³/mol. The van der Waals surface area contributed by atoms with E-state index < -0.39 is 0 Å². The lowest BCUT2D eigenvalue weighted by atomic mass is 9.93. The Morgan fingerprint density at radius 2 is 1.46 bits per heavy atom. The molecule has 3 aliphatic rings. The van der Waals surface area contributed by atoms with Gasteiger partial charge in [-0.3, -0.25) is 4.90 Å². The molecule has 0 bridgehead atoms. The largest absolute Gasteiger partial charge is 0.365 e. The van der Waals surface area contributed by atoms with Gasteiger partial charge in [-0.2, -0.15) is 0 Å². The van der Waals surface area contributed by atoms with E-state index in [9.17, 15) is 4.79 Å². The summed E-state index contributed by atoms with van der Waals surface area (Å²) >= 11 is 0. The lowest BCUT2D eigenvalue weighted by Gasteiger charge is -2.44. The van der Waals surface area contributed by atoms with Gasteiger partial charge in [-0.1, -0.05) is 31.4 Å². The Kier molecular flexibility index (Phi) is 4.63. The maximum absolute atomic E-state index is 13.0. The van der Waals surface area contributed by atoms with Crippen LogP contribution in [0, 0.1) is 0 Å². The maximum atomic E-state index is 13.0. The molecular weight excluding hydrogens is 298 g/mol. The SMILES string of the molecule is O=C(N1CCCCC1)N1CCN(C2CCCCC2)c2ccccc21. The molecule has 4 heteroatoms. The molecule has 130 valence electrons. The first-order valence-corrected chi connectivity index (χ1v) is 9.77. The minimum atomic E-state index is 0.213. The van der Waals surface area contributed by atoms with Gasteiger partial charge < -0.3 is 9.80 Å². The summed E-state index contributed by atoms with van der Waals surface area (Å²) in [6.45, 7) is 3.64. The van der Waals surface area contributed by atoms with E-state index >= 15 is 0 Å². The minimum absolute atomic E-state index is 0.213. The van der Waals surface area contributed by atoms with Crippen LogP contribution >= 0.6 is 0 Å². The molecule has 2 fully saturated rings. The number of carbonyl (C=O) groups excluding carboxylic acids is 1. The number of rotatable bonds is 1. The Morgan fingerprint density at radius 1 is 0.792 bits per heavy atom. The van der Waals surface area contributed by atoms with E-state index in [0.29, 0.717) is 6.04 Å². The lowest BCUT2D eigenvalue weighted by molar-refractivity contribution is 0.192. The van der Waals surface area contributed by atoms with Crippen molar-refractivity contribution in [2.24, 2.45) is 0 Å². The van der Waals surface area contributed by atoms with Crippen LogP contribution < -0.4 is 9.80 Å². The molecule has 4 nitrogen and oxygen atoms in total. The van der Waals surface area contributed by atoms with E-state index in [0.717, 1.165) is 44.7 Å². The van der Waals surface area contributed by atoms with E-state index in [1.807, 2.05) is 4.90 Å². The zero-order valence-electron chi connectivity index (χ0n) is 14.6. The van der Waals surface area contributed by atoms with Gasteiger partial charge in [0.15, 0.2) is 0 Å². The smallest absolute Gasteiger partial charge is 0.324 e. The fourth-order valence-corrected chi connectivity index (χ4v) is 4.61. The highest BCUT2D eigenvalue weighted by Gasteiger charge is 2.33. The quantitative estimate of drug-likeness (QED) is 0.771. The minimum Gasteiger partial charge on any atom is -0.365 e. The first-order chi connectivity index (χ1) is 11.8. The molecule has 1 saturated heterocycles. The fourth-order valence-electron chi connectivity index (χ4n) is 4.61. The van der Waals surface area contributed by atoms with Gasteiger partial charge in [0, 0.05) is 32.2 Å². The van der Waals surface area contributed by atoms with Crippen molar-refractivity contribution < 1.29 is 4.79 Å². The second-order valence-electron chi connectivity index (χ2n) is 7.46. The van der Waals surface area contributed by atoms with E-state index in [-0.39, 0.29) is 6.03 Å². The van der Waals surface area contributed by atoms with Crippen molar-refractivity contribution in [1.82, 2.24) is 4.90 Å². The Morgan fingerprint density at radius 3 is 2.21 bits per heavy atom. The molecule has 2 heterocycles. The van der Waals surface area contributed by atoms with Gasteiger partial charge in [0.25, 0.3) is 0 Å². The van der Waals surface area contributed by atoms with Crippen molar-refractivity contribution in [3.8, 4) is 0 Å². The number of hydrogen-bond donors (Lipinski definition) is 0. The molecule has 4 rings (SSSR count). The Labute approximate surface area is 145 Å². The number of piperidine rings is 1. The number of likely N-dealkylation sites (tertiary alicyclic amines) is 1. The molecule has 24 heavy (non-hydrogen) atoms. The molecule has 0 spiro atoms. The third-order valence-corrected chi connectivity index (χ3v) is 5.92. The number of urea groups is 1. The first-order valence-electron chi connectivity index (χ1n) is 9.77. The molecular formula is C20H29N3O. The maximum Gasteiger partial charge on any atom is 0.324 e. The molecule has 0 atom stereocenters. The third-order valence-electron chi connectivity index (χ3n) is 5.92. The highest BCUT2D eigenvalue weighted by molar-refractivity contribution is 5.97. The molecule has 2 aliphatic heterocycles. The van der Waals surface area contributed by atoms with Gasteiger partial charge in [-0.25, -0.2) is 4.79 Å². The van der Waals surface area contributed by atoms with Crippen molar-refractivity contribution in [2.45, 2.75) is 57.4 Å². The second-order valence-corrected chi connectivity index (χ2v) is 7.46. The number of carbonyl (C=O) groups is 1. The van der Waals surface area contributed by atoms with Crippen molar-refractivity contribution >= 4 is 17.4 Å². The Hall–Kier alpha value is -1.71. The van der Waals surface area contributed by atoms with E-state index in [4.69, 9.17) is 0 Å². The van der Waals surface area contributed by atoms with Crippen LogP contribution in [0.1, 0.15) is 51.4 Å². The van der Waals surface area contributed by atoms with Gasteiger partial charge in [0.1, 0.15) is 0 Å². The molecule has 1 aliphatic carbocycles. The molecule has 0 unspecified atom stereocenters. The molecule has 2 amide bonds. The summed E-state index contributed by atoms with van der Waals surface area (Å²) in [5, 5.41) is 0. The number of anilines is 2. The van der Waals surface area contributed by atoms with Crippen molar-refractivity contribution in [1.29, 1.82) is 0 Å². The standard InChI is InChI=1S/C20H29N3O/c24-20(21-13-7-2-8-14-21)23-16-15-22(17-9-3-1-4-10-17)18-11-5-6-12-19(18)23/h5-6,11-12,17H,1-4,7-10,13-16H2. The Balaban J connectivity index is 1.57. The van der Waals surface area contributed by atoms with Crippen LogP contribution in [0.2, 0.25) is 0 Å². The molecule has 1 saturated carbocycles. The van der Waals surface area contributed by atoms with E-state index in [1.54, 1.807) is 0 Å². The van der Waals surface area contributed by atoms with Crippen LogP contribution in [0.4, 0.5) is 16.2 Å². The summed E-state index contributed by atoms with van der Waals surface area (Å²) in [6, 6.07) is 9.40. The summed E-state index contributed by atoms with van der Waals surface area (Å²) in [7, 11) is 0. The molecule has 0 aromatic heterocycles. The van der Waals surface area contributed by atoms with Gasteiger partial charge in [0.2, 0.25) is 0 Å². The summed E-state index contributed by atoms with van der Waals surface area (Å²) < 4.78 is 0. The Bertz CT molecular complexity index is 576. The summed E-state index contributed by atoms with van der Waals surface area (Å²) in [5.74, 6) is 0. The number of para-hydroxylation sites is 2. The van der Waals surface area contributed by atoms with Crippen molar-refractivity contribution in [2.75, 3.05) is 36.0 Å². The average molecular weight is 327 g/mol. The van der Waals surface area contributed by atoms with Gasteiger partial charge >= 0.3 is 6.03 Å². The van der Waals surface area contributed by atoms with E-state index in [2.05, 4.69) is 34.1 Å². The third kappa shape index (κ3) is 2.99. The number of fused-ring (bicyclic) bond motifs is 1. The normalized spacial score (nSPS) is 22.4. The van der Waals surface area contributed by atoms with Crippen LogP contribution in [0.15, 0.2) is 24.3 Å². The number of benzene rings is 1. The van der Waals surface area contributed by atoms with Gasteiger partial charge in [0.05, 0.1) is 11.4 Å². The highest BCUT2D eigenvalue weighted by atomic mass is 16.2. The van der Waals surface area contributed by atoms with Crippen LogP contribution in [0.25, 0.3) is 0 Å². The number of amides is 2. The number of hydrogen-bond acceptors (Lipinski definition) is 2. The first kappa shape index (κ1) is 15.8. The van der Waals surface area contributed by atoms with Crippen LogP contribution in [0.3, 0.4) is 0 Å². The van der Waals surface area contributed by atoms with Crippen LogP contribution in [-0.2, 0) is 0 Å². The topological polar surface area (TPSA) is 26.8 Å². The second kappa shape index (κ2) is 7.04. The van der Waals surface area contributed by atoms with Gasteiger partial charge in [-0.05, 0) is 44.2 Å². The van der Waals surface area contributed by atoms with Crippen LogP contribution in [0.5, 0.6) is 0 Å². The van der Waals surface area contributed by atoms with Crippen molar-refractivity contribution in [3.63, 3.8) is 0 Å². The predicted octanol–water partition coefficient (Wildman–Crippen LogP) is 4.25. The fraction of sp³-hybridized carbons (Fsp3) is 0.650. The molecule has 0 N–H and O–H groups in total. The van der Waals surface area contributed by atoms with Gasteiger partial charge in [-0.15, -0.1) is 0 Å². The zero-order chi connectivity index (χ0) is 16.4. The van der Waals surface area contributed by atoms with Crippen LogP contribution in [-0.4, -0.2) is 43.2 Å². The lowest BCUT2D eigenvalue weighted by Crippen LogP contribution is -2.52. The number of nitrogens with zero attached hydrogens (tertiary/aromatic N) is 3. The summed E-state index contributed by atoms with van der Waals surface area (Å²) in [5.41, 5.74) is 2.38. The van der Waals surface area contributed by atoms with Crippen molar-refractivity contribution in [3.05, 3.63) is 24.3 Å². The molecule has 1 aromatic rings.